The Labute approximate surface area is 96.2 Å². The maximum atomic E-state index is 4.41. The van der Waals surface area contributed by atoms with E-state index in [2.05, 4.69) is 48.3 Å². The average Bonchev–Trinajstić information content (AvgIpc) is 2.28. The summed E-state index contributed by atoms with van der Waals surface area (Å²) in [5.41, 5.74) is 2.20. The summed E-state index contributed by atoms with van der Waals surface area (Å²) in [5.74, 6) is 0. The lowest BCUT2D eigenvalue weighted by Gasteiger charge is -2.03. The predicted octanol–water partition coefficient (Wildman–Crippen LogP) is 2.81. The molecule has 2 rings (SSSR count). The third-order valence-corrected chi connectivity index (χ3v) is 2.39. The number of hydrogen-bond donors (Lipinski definition) is 0. The second-order valence-electron chi connectivity index (χ2n) is 4.13. The number of rotatable bonds is 3. The lowest BCUT2D eigenvalue weighted by molar-refractivity contribution is 0.457. The van der Waals surface area contributed by atoms with Crippen LogP contribution in [-0.2, 0) is 0 Å². The standard InChI is InChI=1S/C14H16N2/c1-16(2)9-5-6-12-10-13-7-3-4-8-14(13)15-11-12/h3-8,10-11H,9H2,1-2H3. The van der Waals surface area contributed by atoms with Gasteiger partial charge < -0.3 is 4.90 Å². The Morgan fingerprint density at radius 2 is 2.06 bits per heavy atom. The summed E-state index contributed by atoms with van der Waals surface area (Å²) >= 11 is 0. The first-order valence-electron chi connectivity index (χ1n) is 5.42. The van der Waals surface area contributed by atoms with Crippen LogP contribution in [0.2, 0.25) is 0 Å². The summed E-state index contributed by atoms with van der Waals surface area (Å²) in [4.78, 5) is 6.54. The van der Waals surface area contributed by atoms with E-state index in [0.717, 1.165) is 17.6 Å². The van der Waals surface area contributed by atoms with Crippen molar-refractivity contribution in [3.63, 3.8) is 0 Å². The van der Waals surface area contributed by atoms with Crippen LogP contribution < -0.4 is 0 Å². The lowest BCUT2D eigenvalue weighted by atomic mass is 10.1. The molecule has 1 aromatic carbocycles. The molecule has 1 heterocycles. The van der Waals surface area contributed by atoms with Crippen molar-refractivity contribution in [1.29, 1.82) is 0 Å². The van der Waals surface area contributed by atoms with Crippen molar-refractivity contribution in [3.05, 3.63) is 48.2 Å². The molecule has 2 heteroatoms. The van der Waals surface area contributed by atoms with Crippen LogP contribution in [-0.4, -0.2) is 30.5 Å². The summed E-state index contributed by atoms with van der Waals surface area (Å²) < 4.78 is 0. The van der Waals surface area contributed by atoms with Gasteiger partial charge in [-0.2, -0.15) is 0 Å². The SMILES string of the molecule is CN(C)CC=Cc1cnc2ccccc2c1. The van der Waals surface area contributed by atoms with E-state index in [9.17, 15) is 0 Å². The number of likely N-dealkylation sites (N-methyl/N-ethyl adjacent to an activating group) is 1. The molecule has 0 amide bonds. The van der Waals surface area contributed by atoms with E-state index in [1.54, 1.807) is 0 Å². The van der Waals surface area contributed by atoms with Gasteiger partial charge in [0.1, 0.15) is 0 Å². The first-order valence-corrected chi connectivity index (χ1v) is 5.42. The van der Waals surface area contributed by atoms with Crippen LogP contribution in [0.5, 0.6) is 0 Å². The predicted molar refractivity (Wildman–Crippen MR) is 69.3 cm³/mol. The molecule has 0 spiro atoms. The molecule has 0 radical (unpaired) electrons. The van der Waals surface area contributed by atoms with Crippen LogP contribution in [0.25, 0.3) is 17.0 Å². The van der Waals surface area contributed by atoms with Crippen molar-refractivity contribution >= 4 is 17.0 Å². The van der Waals surface area contributed by atoms with Crippen molar-refractivity contribution in [2.45, 2.75) is 0 Å². The minimum atomic E-state index is 0.951. The lowest BCUT2D eigenvalue weighted by Crippen LogP contribution is -2.10. The normalized spacial score (nSPS) is 11.7. The van der Waals surface area contributed by atoms with Gasteiger partial charge in [-0.3, -0.25) is 4.98 Å². The molecule has 2 nitrogen and oxygen atoms in total. The number of nitrogens with zero attached hydrogens (tertiary/aromatic N) is 2. The Bertz CT molecular complexity index is 501. The molecule has 0 fully saturated rings. The number of para-hydroxylation sites is 1. The third kappa shape index (κ3) is 2.67. The van der Waals surface area contributed by atoms with Crippen LogP contribution in [0.1, 0.15) is 5.56 Å². The molecule has 0 saturated heterocycles. The molecule has 0 atom stereocenters. The summed E-state index contributed by atoms with van der Waals surface area (Å²) in [7, 11) is 4.12. The summed E-state index contributed by atoms with van der Waals surface area (Å²) in [6.45, 7) is 0.951. The van der Waals surface area contributed by atoms with Crippen molar-refractivity contribution < 1.29 is 0 Å². The largest absolute Gasteiger partial charge is 0.306 e. The van der Waals surface area contributed by atoms with Gasteiger partial charge in [-0.15, -0.1) is 0 Å². The van der Waals surface area contributed by atoms with Crippen molar-refractivity contribution in [3.8, 4) is 0 Å². The molecule has 0 aliphatic heterocycles. The molecule has 0 aliphatic carbocycles. The highest BCUT2D eigenvalue weighted by atomic mass is 15.0. The Balaban J connectivity index is 2.22. The zero-order chi connectivity index (χ0) is 11.4. The van der Waals surface area contributed by atoms with Gasteiger partial charge >= 0.3 is 0 Å². The number of hydrogen-bond acceptors (Lipinski definition) is 2. The fourth-order valence-corrected chi connectivity index (χ4v) is 1.58. The molecule has 16 heavy (non-hydrogen) atoms. The van der Waals surface area contributed by atoms with E-state index < -0.39 is 0 Å². The molecule has 0 unspecified atom stereocenters. The highest BCUT2D eigenvalue weighted by molar-refractivity contribution is 5.80. The summed E-state index contributed by atoms with van der Waals surface area (Å²) in [5, 5.41) is 1.19. The van der Waals surface area contributed by atoms with Gasteiger partial charge in [-0.25, -0.2) is 0 Å². The molecule has 0 bridgehead atoms. The van der Waals surface area contributed by atoms with Gasteiger partial charge in [0.25, 0.3) is 0 Å². The third-order valence-electron chi connectivity index (χ3n) is 2.39. The smallest absolute Gasteiger partial charge is 0.0702 e. The second kappa shape index (κ2) is 4.90. The fraction of sp³-hybridized carbons (Fsp3) is 0.214. The Kier molecular flexibility index (Phi) is 3.32. The van der Waals surface area contributed by atoms with Crippen molar-refractivity contribution in [1.82, 2.24) is 9.88 Å². The van der Waals surface area contributed by atoms with Crippen molar-refractivity contribution in [2.75, 3.05) is 20.6 Å². The fourth-order valence-electron chi connectivity index (χ4n) is 1.58. The minimum Gasteiger partial charge on any atom is -0.306 e. The van der Waals surface area contributed by atoms with Gasteiger partial charge in [-0.05, 0) is 31.8 Å². The van der Waals surface area contributed by atoms with E-state index in [1.165, 1.54) is 5.39 Å². The first kappa shape index (κ1) is 10.8. The molecular formula is C14H16N2. The Morgan fingerprint density at radius 3 is 2.88 bits per heavy atom. The molecule has 2 aromatic rings. The maximum absolute atomic E-state index is 4.41. The average molecular weight is 212 g/mol. The van der Waals surface area contributed by atoms with Gasteiger partial charge in [-0.1, -0.05) is 30.4 Å². The zero-order valence-corrected chi connectivity index (χ0v) is 9.72. The minimum absolute atomic E-state index is 0.951. The molecule has 82 valence electrons. The number of pyridine rings is 1. The van der Waals surface area contributed by atoms with Gasteiger partial charge in [0, 0.05) is 18.1 Å². The maximum Gasteiger partial charge on any atom is 0.0702 e. The van der Waals surface area contributed by atoms with Gasteiger partial charge in [0.15, 0.2) is 0 Å². The second-order valence-corrected chi connectivity index (χ2v) is 4.13. The monoisotopic (exact) mass is 212 g/mol. The topological polar surface area (TPSA) is 16.1 Å². The van der Waals surface area contributed by atoms with Gasteiger partial charge in [0.2, 0.25) is 0 Å². The van der Waals surface area contributed by atoms with Crippen LogP contribution in [0, 0.1) is 0 Å². The summed E-state index contributed by atoms with van der Waals surface area (Å²) in [6, 6.07) is 10.3. The highest BCUT2D eigenvalue weighted by Gasteiger charge is 1.93. The Morgan fingerprint density at radius 1 is 1.25 bits per heavy atom. The van der Waals surface area contributed by atoms with Crippen molar-refractivity contribution in [2.24, 2.45) is 0 Å². The Hall–Kier alpha value is -1.67. The van der Waals surface area contributed by atoms with E-state index in [0.29, 0.717) is 0 Å². The first-order chi connectivity index (χ1) is 7.75. The van der Waals surface area contributed by atoms with Crippen LogP contribution in [0.4, 0.5) is 0 Å². The van der Waals surface area contributed by atoms with Gasteiger partial charge in [0.05, 0.1) is 5.52 Å². The number of fused-ring (bicyclic) bond motifs is 1. The molecule has 0 N–H and O–H groups in total. The van der Waals surface area contributed by atoms with E-state index in [1.807, 2.05) is 24.4 Å². The molecule has 0 saturated carbocycles. The quantitative estimate of drug-likeness (QED) is 0.777. The van der Waals surface area contributed by atoms with Crippen LogP contribution in [0.15, 0.2) is 42.6 Å². The van der Waals surface area contributed by atoms with Crippen LogP contribution in [0.3, 0.4) is 0 Å². The molecule has 0 aliphatic rings. The van der Waals surface area contributed by atoms with Crippen LogP contribution >= 0.6 is 0 Å². The van der Waals surface area contributed by atoms with E-state index in [4.69, 9.17) is 0 Å². The molecule has 1 aromatic heterocycles. The number of benzene rings is 1. The number of aromatic nitrogens is 1. The molecular weight excluding hydrogens is 196 g/mol. The highest BCUT2D eigenvalue weighted by Crippen LogP contribution is 2.13. The van der Waals surface area contributed by atoms with E-state index in [-0.39, 0.29) is 0 Å². The zero-order valence-electron chi connectivity index (χ0n) is 9.72. The van der Waals surface area contributed by atoms with E-state index >= 15 is 0 Å². The summed E-state index contributed by atoms with van der Waals surface area (Å²) in [6.07, 6.45) is 6.17.